The smallest absolute Gasteiger partial charge is 0.319 e. The van der Waals surface area contributed by atoms with Gasteiger partial charge >= 0.3 is 12.1 Å². The molecule has 0 amide bonds. The lowest BCUT2D eigenvalue weighted by atomic mass is 9.91. The zero-order valence-electron chi connectivity index (χ0n) is 12.1. The van der Waals surface area contributed by atoms with Crippen molar-refractivity contribution in [2.75, 3.05) is 0 Å². The van der Waals surface area contributed by atoms with E-state index in [0.717, 1.165) is 5.39 Å². The van der Waals surface area contributed by atoms with Crippen molar-refractivity contribution in [3.8, 4) is 0 Å². The van der Waals surface area contributed by atoms with Crippen molar-refractivity contribution in [1.82, 2.24) is 0 Å². The van der Waals surface area contributed by atoms with Crippen LogP contribution in [-0.2, 0) is 0 Å². The second-order valence-electron chi connectivity index (χ2n) is 5.33. The van der Waals surface area contributed by atoms with Gasteiger partial charge < -0.3 is 5.73 Å². The molecule has 0 fully saturated rings. The number of hydrogen-bond donors (Lipinski definition) is 1. The Bertz CT molecular complexity index is 876. The molecule has 3 aromatic rings. The second kappa shape index (κ2) is 6.18. The van der Waals surface area contributed by atoms with Crippen LogP contribution in [0.4, 0.5) is 22.0 Å². The van der Waals surface area contributed by atoms with Crippen molar-refractivity contribution in [1.29, 1.82) is 0 Å². The van der Waals surface area contributed by atoms with E-state index < -0.39 is 18.1 Å². The van der Waals surface area contributed by atoms with Crippen molar-refractivity contribution >= 4 is 34.0 Å². The first-order valence-electron chi connectivity index (χ1n) is 6.84. The maximum Gasteiger partial charge on any atom is 0.455 e. The van der Waals surface area contributed by atoms with Crippen molar-refractivity contribution in [2.45, 2.75) is 18.1 Å². The Balaban J connectivity index is 0.00000208. The van der Waals surface area contributed by atoms with E-state index in [1.165, 1.54) is 12.1 Å². The molecule has 0 saturated heterocycles. The number of alkyl halides is 5. The van der Waals surface area contributed by atoms with Gasteiger partial charge in [0.2, 0.25) is 0 Å². The Morgan fingerprint density at radius 3 is 1.83 bits per heavy atom. The molecule has 1 nitrogen and oxygen atoms in total. The lowest BCUT2D eigenvalue weighted by Gasteiger charge is -2.27. The molecule has 0 bridgehead atoms. The highest BCUT2D eigenvalue weighted by molar-refractivity contribution is 6.09. The first-order valence-corrected chi connectivity index (χ1v) is 6.84. The third-order valence-corrected chi connectivity index (χ3v) is 3.90. The second-order valence-corrected chi connectivity index (χ2v) is 5.33. The number of fused-ring (bicyclic) bond motifs is 3. The first-order chi connectivity index (χ1) is 10.7. The molecule has 1 atom stereocenters. The molecule has 0 unspecified atom stereocenters. The maximum absolute atomic E-state index is 13.7. The number of rotatable bonds is 2. The molecule has 128 valence electrons. The third kappa shape index (κ3) is 2.80. The SMILES string of the molecule is Cl.N[C@@H](c1cc2ccccc2c2ccccc12)C(F)(F)C(F)(F)F. The van der Waals surface area contributed by atoms with Crippen LogP contribution in [-0.4, -0.2) is 12.1 Å². The Kier molecular flexibility index (Phi) is 4.74. The van der Waals surface area contributed by atoms with Crippen LogP contribution in [0, 0.1) is 0 Å². The van der Waals surface area contributed by atoms with E-state index in [1.54, 1.807) is 42.5 Å². The van der Waals surface area contributed by atoms with Crippen molar-refractivity contribution in [3.05, 3.63) is 60.2 Å². The lowest BCUT2D eigenvalue weighted by Crippen LogP contribution is -2.45. The molecule has 0 aliphatic rings. The number of halogens is 6. The summed E-state index contributed by atoms with van der Waals surface area (Å²) in [6.07, 6.45) is -5.71. The lowest BCUT2D eigenvalue weighted by molar-refractivity contribution is -0.290. The van der Waals surface area contributed by atoms with Gasteiger partial charge in [0.05, 0.1) is 0 Å². The van der Waals surface area contributed by atoms with Gasteiger partial charge in [-0.3, -0.25) is 0 Å². The fraction of sp³-hybridized carbons (Fsp3) is 0.176. The summed E-state index contributed by atoms with van der Waals surface area (Å²) in [4.78, 5) is 0. The summed E-state index contributed by atoms with van der Waals surface area (Å²) in [6, 6.07) is 12.2. The average molecular weight is 362 g/mol. The number of benzene rings is 3. The van der Waals surface area contributed by atoms with Gasteiger partial charge in [0.1, 0.15) is 6.04 Å². The predicted octanol–water partition coefficient (Wildman–Crippen LogP) is 5.61. The zero-order valence-corrected chi connectivity index (χ0v) is 13.0. The minimum Gasteiger partial charge on any atom is -0.319 e. The van der Waals surface area contributed by atoms with Gasteiger partial charge in [-0.1, -0.05) is 48.5 Å². The van der Waals surface area contributed by atoms with Crippen molar-refractivity contribution in [3.63, 3.8) is 0 Å². The highest BCUT2D eigenvalue weighted by atomic mass is 35.5. The molecule has 0 heterocycles. The Hall–Kier alpha value is -1.92. The molecular weight excluding hydrogens is 349 g/mol. The topological polar surface area (TPSA) is 26.0 Å². The van der Waals surface area contributed by atoms with Crippen LogP contribution in [0.5, 0.6) is 0 Å². The van der Waals surface area contributed by atoms with Gasteiger partial charge in [-0.15, -0.1) is 12.4 Å². The standard InChI is InChI=1S/C17H12F5N.ClH/c18-16(19,17(20,21)22)15(23)14-9-10-5-1-2-6-11(10)12-7-3-4-8-13(12)14;/h1-9,15H,23H2;1H/t15-;/m0./s1. The summed E-state index contributed by atoms with van der Waals surface area (Å²) in [5.74, 6) is -5.02. The van der Waals surface area contributed by atoms with Gasteiger partial charge in [-0.05, 0) is 33.2 Å². The molecule has 3 aromatic carbocycles. The molecule has 0 spiro atoms. The highest BCUT2D eigenvalue weighted by Crippen LogP contribution is 2.45. The summed E-state index contributed by atoms with van der Waals surface area (Å²) < 4.78 is 65.3. The highest BCUT2D eigenvalue weighted by Gasteiger charge is 2.61. The molecule has 24 heavy (non-hydrogen) atoms. The molecule has 0 aromatic heterocycles. The summed E-state index contributed by atoms with van der Waals surface area (Å²) >= 11 is 0. The molecule has 0 radical (unpaired) electrons. The van der Waals surface area contributed by atoms with Crippen LogP contribution >= 0.6 is 12.4 Å². The zero-order chi connectivity index (χ0) is 16.8. The van der Waals surface area contributed by atoms with E-state index >= 15 is 0 Å². The normalized spacial score (nSPS) is 13.8. The quantitative estimate of drug-likeness (QED) is 0.466. The molecule has 7 heteroatoms. The van der Waals surface area contributed by atoms with E-state index in [4.69, 9.17) is 5.73 Å². The Morgan fingerprint density at radius 2 is 1.25 bits per heavy atom. The van der Waals surface area contributed by atoms with Gasteiger partial charge in [0.15, 0.2) is 0 Å². The minimum atomic E-state index is -5.71. The molecule has 0 aliphatic heterocycles. The monoisotopic (exact) mass is 361 g/mol. The van der Waals surface area contributed by atoms with Crippen LogP contribution < -0.4 is 5.73 Å². The van der Waals surface area contributed by atoms with Gasteiger partial charge in [0, 0.05) is 0 Å². The maximum atomic E-state index is 13.7. The summed E-state index contributed by atoms with van der Waals surface area (Å²) in [5.41, 5.74) is 5.13. The van der Waals surface area contributed by atoms with Crippen LogP contribution in [0.15, 0.2) is 54.6 Å². The summed E-state index contributed by atoms with van der Waals surface area (Å²) in [7, 11) is 0. The largest absolute Gasteiger partial charge is 0.455 e. The summed E-state index contributed by atoms with van der Waals surface area (Å²) in [5, 5.41) is 2.22. The molecule has 3 rings (SSSR count). The minimum absolute atomic E-state index is 0. The number of nitrogens with two attached hydrogens (primary N) is 1. The van der Waals surface area contributed by atoms with E-state index in [2.05, 4.69) is 0 Å². The average Bonchev–Trinajstić information content (AvgIpc) is 2.52. The molecular formula is C17H13ClF5N. The van der Waals surface area contributed by atoms with E-state index in [9.17, 15) is 22.0 Å². The first kappa shape index (κ1) is 18.4. The fourth-order valence-corrected chi connectivity index (χ4v) is 2.71. The Labute approximate surface area is 140 Å². The fourth-order valence-electron chi connectivity index (χ4n) is 2.71. The summed E-state index contributed by atoms with van der Waals surface area (Å²) in [6.45, 7) is 0. The van der Waals surface area contributed by atoms with Gasteiger partial charge in [0.25, 0.3) is 0 Å². The van der Waals surface area contributed by atoms with Gasteiger partial charge in [-0.2, -0.15) is 22.0 Å². The molecule has 0 saturated carbocycles. The third-order valence-electron chi connectivity index (χ3n) is 3.90. The Morgan fingerprint density at radius 1 is 0.750 bits per heavy atom. The van der Waals surface area contributed by atoms with Crippen molar-refractivity contribution in [2.24, 2.45) is 5.73 Å². The van der Waals surface area contributed by atoms with E-state index in [0.29, 0.717) is 16.2 Å². The number of hydrogen-bond acceptors (Lipinski definition) is 1. The predicted molar refractivity (Wildman–Crippen MR) is 86.6 cm³/mol. The van der Waals surface area contributed by atoms with E-state index in [-0.39, 0.29) is 18.0 Å². The van der Waals surface area contributed by atoms with Crippen LogP contribution in [0.3, 0.4) is 0 Å². The van der Waals surface area contributed by atoms with Crippen molar-refractivity contribution < 1.29 is 22.0 Å². The molecule has 0 aliphatic carbocycles. The molecule has 2 N–H and O–H groups in total. The van der Waals surface area contributed by atoms with Gasteiger partial charge in [-0.25, -0.2) is 0 Å². The van der Waals surface area contributed by atoms with Crippen LogP contribution in [0.2, 0.25) is 0 Å². The van der Waals surface area contributed by atoms with E-state index in [1.807, 2.05) is 0 Å². The van der Waals surface area contributed by atoms with Crippen LogP contribution in [0.1, 0.15) is 11.6 Å². The van der Waals surface area contributed by atoms with Crippen LogP contribution in [0.25, 0.3) is 21.5 Å².